The molecule has 0 bridgehead atoms. The van der Waals surface area contributed by atoms with Gasteiger partial charge in [-0.2, -0.15) is 5.10 Å². The molecule has 0 radical (unpaired) electrons. The molecule has 1 aromatic heterocycles. The van der Waals surface area contributed by atoms with E-state index in [0.29, 0.717) is 13.2 Å². The zero-order chi connectivity index (χ0) is 13.8. The van der Waals surface area contributed by atoms with Crippen LogP contribution in [0.15, 0.2) is 28.9 Å². The van der Waals surface area contributed by atoms with Crippen molar-refractivity contribution in [2.75, 3.05) is 6.54 Å². The molecule has 0 aliphatic carbocycles. The van der Waals surface area contributed by atoms with Crippen LogP contribution in [0.25, 0.3) is 0 Å². The highest BCUT2D eigenvalue weighted by Gasteiger charge is 2.09. The summed E-state index contributed by atoms with van der Waals surface area (Å²) in [7, 11) is 1.90. The van der Waals surface area contributed by atoms with Crippen LogP contribution in [0, 0.1) is 6.92 Å². The van der Waals surface area contributed by atoms with E-state index in [9.17, 15) is 0 Å². The van der Waals surface area contributed by atoms with Gasteiger partial charge in [0.25, 0.3) is 0 Å². The number of ether oxygens (including phenoxy) is 1. The van der Waals surface area contributed by atoms with Crippen molar-refractivity contribution in [3.05, 3.63) is 45.7 Å². The number of aromatic nitrogens is 2. The Balaban J connectivity index is 2.18. The highest BCUT2D eigenvalue weighted by atomic mass is 79.9. The van der Waals surface area contributed by atoms with Crippen molar-refractivity contribution < 1.29 is 4.74 Å². The number of aryl methyl sites for hydroxylation is 2. The van der Waals surface area contributed by atoms with E-state index in [-0.39, 0.29) is 0 Å². The van der Waals surface area contributed by atoms with Gasteiger partial charge in [-0.05, 0) is 49.2 Å². The number of hydrogen-bond acceptors (Lipinski definition) is 3. The zero-order valence-corrected chi connectivity index (χ0v) is 12.8. The molecule has 2 aromatic rings. The number of hydrogen-bond donors (Lipinski definition) is 1. The predicted octanol–water partition coefficient (Wildman–Crippen LogP) is 2.57. The molecule has 0 aliphatic rings. The second kappa shape index (κ2) is 6.21. The van der Waals surface area contributed by atoms with E-state index in [1.807, 2.05) is 32.3 Å². The Morgan fingerprint density at radius 2 is 2.21 bits per heavy atom. The fourth-order valence-corrected chi connectivity index (χ4v) is 2.65. The molecule has 0 aliphatic heterocycles. The summed E-state index contributed by atoms with van der Waals surface area (Å²) >= 11 is 3.50. The standard InChI is InChI=1S/C14H18BrN3O/c1-10-7-12(15)8-11(3-5-16)14(10)19-9-13-4-6-18(2)17-13/h4,6-8H,3,5,9,16H2,1-2H3. The SMILES string of the molecule is Cc1cc(Br)cc(CCN)c1OCc1ccn(C)n1. The van der Waals surface area contributed by atoms with E-state index >= 15 is 0 Å². The summed E-state index contributed by atoms with van der Waals surface area (Å²) in [4.78, 5) is 0. The third-order valence-corrected chi connectivity index (χ3v) is 3.32. The molecule has 0 spiro atoms. The molecule has 102 valence electrons. The minimum atomic E-state index is 0.473. The van der Waals surface area contributed by atoms with Crippen LogP contribution in [0.3, 0.4) is 0 Å². The van der Waals surface area contributed by atoms with Crippen LogP contribution in [0.4, 0.5) is 0 Å². The average molecular weight is 324 g/mol. The Morgan fingerprint density at radius 3 is 2.84 bits per heavy atom. The summed E-state index contributed by atoms with van der Waals surface area (Å²) in [6.07, 6.45) is 2.71. The molecular formula is C14H18BrN3O. The monoisotopic (exact) mass is 323 g/mol. The Hall–Kier alpha value is -1.33. The molecule has 0 atom stereocenters. The van der Waals surface area contributed by atoms with E-state index in [1.54, 1.807) is 4.68 Å². The highest BCUT2D eigenvalue weighted by Crippen LogP contribution is 2.29. The lowest BCUT2D eigenvalue weighted by atomic mass is 10.1. The van der Waals surface area contributed by atoms with Crippen LogP contribution < -0.4 is 10.5 Å². The van der Waals surface area contributed by atoms with Gasteiger partial charge in [0.15, 0.2) is 0 Å². The van der Waals surface area contributed by atoms with Gasteiger partial charge in [-0.15, -0.1) is 0 Å². The van der Waals surface area contributed by atoms with Crippen molar-refractivity contribution in [2.24, 2.45) is 12.8 Å². The topological polar surface area (TPSA) is 53.1 Å². The highest BCUT2D eigenvalue weighted by molar-refractivity contribution is 9.10. The molecule has 2 rings (SSSR count). The molecule has 0 amide bonds. The van der Waals surface area contributed by atoms with E-state index in [1.165, 1.54) is 0 Å². The fraction of sp³-hybridized carbons (Fsp3) is 0.357. The summed E-state index contributed by atoms with van der Waals surface area (Å²) < 4.78 is 8.75. The van der Waals surface area contributed by atoms with E-state index in [4.69, 9.17) is 10.5 Å². The number of nitrogens with two attached hydrogens (primary N) is 1. The predicted molar refractivity (Wildman–Crippen MR) is 79.2 cm³/mol. The van der Waals surface area contributed by atoms with Gasteiger partial charge in [0.1, 0.15) is 12.4 Å². The molecule has 0 saturated carbocycles. The van der Waals surface area contributed by atoms with Crippen molar-refractivity contribution in [1.82, 2.24) is 9.78 Å². The smallest absolute Gasteiger partial charge is 0.132 e. The van der Waals surface area contributed by atoms with Crippen molar-refractivity contribution in [3.63, 3.8) is 0 Å². The first-order valence-corrected chi connectivity index (χ1v) is 7.00. The lowest BCUT2D eigenvalue weighted by molar-refractivity contribution is 0.295. The molecule has 4 nitrogen and oxygen atoms in total. The summed E-state index contributed by atoms with van der Waals surface area (Å²) in [6.45, 7) is 3.12. The fourth-order valence-electron chi connectivity index (χ4n) is 2.03. The first-order valence-electron chi connectivity index (χ1n) is 6.20. The summed E-state index contributed by atoms with van der Waals surface area (Å²) in [5, 5.41) is 4.31. The van der Waals surface area contributed by atoms with Gasteiger partial charge in [-0.25, -0.2) is 0 Å². The first kappa shape index (κ1) is 14.1. The lowest BCUT2D eigenvalue weighted by Gasteiger charge is -2.14. The molecule has 19 heavy (non-hydrogen) atoms. The van der Waals surface area contributed by atoms with E-state index in [0.717, 1.165) is 33.5 Å². The van der Waals surface area contributed by atoms with Gasteiger partial charge in [-0.1, -0.05) is 15.9 Å². The van der Waals surface area contributed by atoms with Crippen LogP contribution >= 0.6 is 15.9 Å². The number of rotatable bonds is 5. The van der Waals surface area contributed by atoms with Crippen LogP contribution in [-0.2, 0) is 20.1 Å². The van der Waals surface area contributed by atoms with Crippen LogP contribution in [-0.4, -0.2) is 16.3 Å². The second-order valence-electron chi connectivity index (χ2n) is 4.52. The Labute approximate surface area is 121 Å². The molecular weight excluding hydrogens is 306 g/mol. The second-order valence-corrected chi connectivity index (χ2v) is 5.43. The minimum Gasteiger partial charge on any atom is -0.487 e. The number of nitrogens with zero attached hydrogens (tertiary/aromatic N) is 2. The normalized spacial score (nSPS) is 10.7. The Kier molecular flexibility index (Phi) is 4.61. The minimum absolute atomic E-state index is 0.473. The zero-order valence-electron chi connectivity index (χ0n) is 11.2. The molecule has 2 N–H and O–H groups in total. The molecule has 5 heteroatoms. The van der Waals surface area contributed by atoms with E-state index < -0.39 is 0 Å². The molecule has 0 saturated heterocycles. The largest absolute Gasteiger partial charge is 0.487 e. The van der Waals surface area contributed by atoms with Crippen molar-refractivity contribution in [2.45, 2.75) is 20.0 Å². The molecule has 0 fully saturated rings. The number of benzene rings is 1. The van der Waals surface area contributed by atoms with Crippen molar-refractivity contribution in [3.8, 4) is 5.75 Å². The quantitative estimate of drug-likeness (QED) is 0.920. The van der Waals surface area contributed by atoms with Crippen LogP contribution in [0.2, 0.25) is 0 Å². The maximum Gasteiger partial charge on any atom is 0.132 e. The van der Waals surface area contributed by atoms with Crippen molar-refractivity contribution >= 4 is 15.9 Å². The third kappa shape index (κ3) is 3.58. The molecule has 0 unspecified atom stereocenters. The van der Waals surface area contributed by atoms with Gasteiger partial charge in [0, 0.05) is 17.7 Å². The summed E-state index contributed by atoms with van der Waals surface area (Å²) in [5.41, 5.74) is 8.81. The number of halogens is 1. The molecule has 1 heterocycles. The third-order valence-electron chi connectivity index (χ3n) is 2.86. The van der Waals surface area contributed by atoms with Gasteiger partial charge < -0.3 is 10.5 Å². The average Bonchev–Trinajstić information content (AvgIpc) is 2.74. The van der Waals surface area contributed by atoms with Gasteiger partial charge in [0.2, 0.25) is 0 Å². The lowest BCUT2D eigenvalue weighted by Crippen LogP contribution is -2.07. The van der Waals surface area contributed by atoms with Crippen molar-refractivity contribution in [1.29, 1.82) is 0 Å². The van der Waals surface area contributed by atoms with Crippen LogP contribution in [0.5, 0.6) is 5.75 Å². The summed E-state index contributed by atoms with van der Waals surface area (Å²) in [6, 6.07) is 6.07. The summed E-state index contributed by atoms with van der Waals surface area (Å²) in [5.74, 6) is 0.916. The Bertz CT molecular complexity index is 566. The van der Waals surface area contributed by atoms with Gasteiger partial charge >= 0.3 is 0 Å². The first-order chi connectivity index (χ1) is 9.10. The maximum absolute atomic E-state index is 5.92. The molecule has 1 aromatic carbocycles. The maximum atomic E-state index is 5.92. The van der Waals surface area contributed by atoms with Crippen LogP contribution in [0.1, 0.15) is 16.8 Å². The Morgan fingerprint density at radius 1 is 1.42 bits per heavy atom. The van der Waals surface area contributed by atoms with Gasteiger partial charge in [0.05, 0.1) is 5.69 Å². The van der Waals surface area contributed by atoms with Gasteiger partial charge in [-0.3, -0.25) is 4.68 Å². The van der Waals surface area contributed by atoms with E-state index in [2.05, 4.69) is 27.1 Å².